The zero-order valence-corrected chi connectivity index (χ0v) is 4.12. The Kier molecular flexibility index (Phi) is 3.60. The van der Waals surface area contributed by atoms with Crippen LogP contribution in [0.25, 0.3) is 0 Å². The van der Waals surface area contributed by atoms with Crippen molar-refractivity contribution in [3.05, 3.63) is 12.7 Å². The molecule has 0 aromatic carbocycles. The number of carbonyl (C=O) groups excluding carboxylic acids is 1. The van der Waals surface area contributed by atoms with E-state index < -0.39 is 6.16 Å². The minimum atomic E-state index is -1.70. The summed E-state index contributed by atoms with van der Waals surface area (Å²) in [4.78, 5) is 16.9. The molecule has 0 saturated heterocycles. The van der Waals surface area contributed by atoms with Crippen LogP contribution in [-0.2, 0) is 9.78 Å². The molecule has 46 valence electrons. The van der Waals surface area contributed by atoms with E-state index in [4.69, 9.17) is 0 Å². The molecular formula is C4H5O4-. The van der Waals surface area contributed by atoms with E-state index in [0.717, 1.165) is 0 Å². The van der Waals surface area contributed by atoms with Crippen LogP contribution >= 0.6 is 0 Å². The topological polar surface area (TPSA) is 58.6 Å². The molecule has 0 aliphatic carbocycles. The SMILES string of the molecule is C=CCOOC(=O)[O-]. The van der Waals surface area contributed by atoms with Gasteiger partial charge < -0.3 is 14.8 Å². The summed E-state index contributed by atoms with van der Waals surface area (Å²) in [5.41, 5.74) is 0. The zero-order chi connectivity index (χ0) is 6.41. The third-order valence-electron chi connectivity index (χ3n) is 0.313. The van der Waals surface area contributed by atoms with Gasteiger partial charge in [-0.2, -0.15) is 0 Å². The predicted octanol–water partition coefficient (Wildman–Crippen LogP) is -0.536. The molecule has 0 radical (unpaired) electrons. The minimum Gasteiger partial charge on any atom is -0.424 e. The van der Waals surface area contributed by atoms with Crippen LogP contribution in [0.5, 0.6) is 0 Å². The van der Waals surface area contributed by atoms with Crippen LogP contribution in [0, 0.1) is 0 Å². The average molecular weight is 117 g/mol. The second-order valence-corrected chi connectivity index (χ2v) is 0.907. The van der Waals surface area contributed by atoms with Gasteiger partial charge in [-0.1, -0.05) is 6.08 Å². The Labute approximate surface area is 46.3 Å². The molecule has 0 unspecified atom stereocenters. The average Bonchev–Trinajstić information content (AvgIpc) is 1.66. The summed E-state index contributed by atoms with van der Waals surface area (Å²) in [6.07, 6.45) is -0.352. The van der Waals surface area contributed by atoms with Crippen LogP contribution in [-0.4, -0.2) is 12.8 Å². The van der Waals surface area contributed by atoms with Gasteiger partial charge in [-0.25, -0.2) is 4.89 Å². The van der Waals surface area contributed by atoms with Gasteiger partial charge in [0, 0.05) is 0 Å². The van der Waals surface area contributed by atoms with E-state index in [1.54, 1.807) is 0 Å². The van der Waals surface area contributed by atoms with Gasteiger partial charge in [0.1, 0.15) is 0 Å². The van der Waals surface area contributed by atoms with Crippen molar-refractivity contribution in [1.82, 2.24) is 0 Å². The van der Waals surface area contributed by atoms with Crippen molar-refractivity contribution in [2.75, 3.05) is 6.61 Å². The Balaban J connectivity index is 2.93. The molecule has 0 aromatic rings. The first kappa shape index (κ1) is 6.97. The Bertz CT molecular complexity index is 88.0. The lowest BCUT2D eigenvalue weighted by Gasteiger charge is -2.02. The third kappa shape index (κ3) is 4.97. The molecule has 4 heteroatoms. The highest BCUT2D eigenvalue weighted by molar-refractivity contribution is 5.52. The Hall–Kier alpha value is -1.03. The van der Waals surface area contributed by atoms with Gasteiger partial charge in [0.25, 0.3) is 6.16 Å². The molecule has 8 heavy (non-hydrogen) atoms. The summed E-state index contributed by atoms with van der Waals surface area (Å²) in [7, 11) is 0. The van der Waals surface area contributed by atoms with Crippen molar-refractivity contribution < 1.29 is 19.7 Å². The molecule has 0 amide bonds. The lowest BCUT2D eigenvalue weighted by molar-refractivity contribution is -0.357. The molecule has 0 aromatic heterocycles. The van der Waals surface area contributed by atoms with Gasteiger partial charge in [0.15, 0.2) is 0 Å². The molecule has 0 aliphatic heterocycles. The Morgan fingerprint density at radius 3 is 2.88 bits per heavy atom. The summed E-state index contributed by atoms with van der Waals surface area (Å²) in [5.74, 6) is 0. The molecule has 0 atom stereocenters. The molecule has 0 bridgehead atoms. The molecule has 0 saturated carbocycles. The smallest absolute Gasteiger partial charge is 0.278 e. The van der Waals surface area contributed by atoms with Gasteiger partial charge in [0.2, 0.25) is 0 Å². The summed E-state index contributed by atoms with van der Waals surface area (Å²) >= 11 is 0. The lowest BCUT2D eigenvalue weighted by atomic mass is 10.7. The molecule has 0 heterocycles. The van der Waals surface area contributed by atoms with E-state index in [1.807, 2.05) is 0 Å². The first-order valence-electron chi connectivity index (χ1n) is 1.88. The van der Waals surface area contributed by atoms with E-state index in [1.165, 1.54) is 6.08 Å². The van der Waals surface area contributed by atoms with E-state index in [9.17, 15) is 9.90 Å². The fourth-order valence-electron chi connectivity index (χ4n) is 0.130. The predicted molar refractivity (Wildman–Crippen MR) is 22.6 cm³/mol. The van der Waals surface area contributed by atoms with Crippen LogP contribution in [0.2, 0.25) is 0 Å². The molecule has 0 aliphatic rings. The van der Waals surface area contributed by atoms with Gasteiger partial charge in [-0.15, -0.1) is 6.58 Å². The van der Waals surface area contributed by atoms with E-state index >= 15 is 0 Å². The fourth-order valence-corrected chi connectivity index (χ4v) is 0.130. The number of carboxylic acid groups (broad SMARTS) is 1. The number of carbonyl (C=O) groups is 1. The second kappa shape index (κ2) is 4.14. The first-order valence-corrected chi connectivity index (χ1v) is 1.88. The van der Waals surface area contributed by atoms with Crippen LogP contribution < -0.4 is 5.11 Å². The third-order valence-corrected chi connectivity index (χ3v) is 0.313. The number of rotatable bonds is 3. The summed E-state index contributed by atoms with van der Waals surface area (Å²) < 4.78 is 0. The maximum absolute atomic E-state index is 9.38. The first-order chi connectivity index (χ1) is 3.77. The molecule has 0 spiro atoms. The molecule has 0 fully saturated rings. The van der Waals surface area contributed by atoms with Crippen molar-refractivity contribution in [2.24, 2.45) is 0 Å². The van der Waals surface area contributed by atoms with Crippen LogP contribution in [0.4, 0.5) is 4.79 Å². The summed E-state index contributed by atoms with van der Waals surface area (Å²) in [5, 5.41) is 9.38. The van der Waals surface area contributed by atoms with Gasteiger partial charge in [-0.3, -0.25) is 0 Å². The number of hydrogen-bond acceptors (Lipinski definition) is 4. The van der Waals surface area contributed by atoms with E-state index in [-0.39, 0.29) is 6.61 Å². The fraction of sp³-hybridized carbons (Fsp3) is 0.250. The monoisotopic (exact) mass is 117 g/mol. The molecule has 4 nitrogen and oxygen atoms in total. The van der Waals surface area contributed by atoms with Crippen LogP contribution in [0.15, 0.2) is 12.7 Å². The Morgan fingerprint density at radius 1 is 1.88 bits per heavy atom. The number of hydrogen-bond donors (Lipinski definition) is 0. The van der Waals surface area contributed by atoms with Gasteiger partial charge >= 0.3 is 0 Å². The van der Waals surface area contributed by atoms with Crippen LogP contribution in [0.3, 0.4) is 0 Å². The Morgan fingerprint density at radius 2 is 2.50 bits per heavy atom. The minimum absolute atomic E-state index is 0.0357. The maximum Gasteiger partial charge on any atom is 0.278 e. The van der Waals surface area contributed by atoms with E-state index in [0.29, 0.717) is 0 Å². The summed E-state index contributed by atoms with van der Waals surface area (Å²) in [6.45, 7) is 3.27. The van der Waals surface area contributed by atoms with Crippen molar-refractivity contribution in [1.29, 1.82) is 0 Å². The molecule has 0 N–H and O–H groups in total. The van der Waals surface area contributed by atoms with Crippen molar-refractivity contribution in [3.63, 3.8) is 0 Å². The molecule has 0 rings (SSSR count). The standard InChI is InChI=1S/C4H6O4/c1-2-3-7-8-4(5)6/h2H,1,3H2,(H,5,6)/p-1. The van der Waals surface area contributed by atoms with Crippen molar-refractivity contribution in [3.8, 4) is 0 Å². The van der Waals surface area contributed by atoms with Crippen molar-refractivity contribution in [2.45, 2.75) is 0 Å². The normalized spacial score (nSPS) is 8.00. The van der Waals surface area contributed by atoms with Gasteiger partial charge in [0.05, 0.1) is 6.61 Å². The van der Waals surface area contributed by atoms with Gasteiger partial charge in [-0.05, 0) is 0 Å². The quantitative estimate of drug-likeness (QED) is 0.215. The highest BCUT2D eigenvalue weighted by Gasteiger charge is 1.78. The van der Waals surface area contributed by atoms with Crippen molar-refractivity contribution >= 4 is 6.16 Å². The largest absolute Gasteiger partial charge is 0.424 e. The maximum atomic E-state index is 9.38. The highest BCUT2D eigenvalue weighted by Crippen LogP contribution is 1.75. The zero-order valence-electron chi connectivity index (χ0n) is 4.12. The summed E-state index contributed by atoms with van der Waals surface area (Å²) in [6, 6.07) is 0. The van der Waals surface area contributed by atoms with E-state index in [2.05, 4.69) is 16.4 Å². The molecular weight excluding hydrogens is 112 g/mol. The van der Waals surface area contributed by atoms with Crippen LogP contribution in [0.1, 0.15) is 0 Å². The second-order valence-electron chi connectivity index (χ2n) is 0.907. The highest BCUT2D eigenvalue weighted by atomic mass is 17.2. The lowest BCUT2D eigenvalue weighted by Crippen LogP contribution is -2.23.